The van der Waals surface area contributed by atoms with Gasteiger partial charge >= 0.3 is 0 Å². The molecule has 1 aromatic heterocycles. The van der Waals surface area contributed by atoms with Gasteiger partial charge in [-0.1, -0.05) is 37.5 Å². The second-order valence-electron chi connectivity index (χ2n) is 9.92. The van der Waals surface area contributed by atoms with Gasteiger partial charge in [0.15, 0.2) is 0 Å². The quantitative estimate of drug-likeness (QED) is 0.632. The van der Waals surface area contributed by atoms with E-state index in [1.807, 2.05) is 23.2 Å². The molecule has 2 saturated heterocycles. The molecule has 0 bridgehead atoms. The number of hydrogen-bond donors (Lipinski definition) is 0. The highest BCUT2D eigenvalue weighted by Gasteiger charge is 2.45. The van der Waals surface area contributed by atoms with E-state index in [0.29, 0.717) is 13.1 Å². The van der Waals surface area contributed by atoms with Crippen LogP contribution >= 0.6 is 0 Å². The third-order valence-electron chi connectivity index (χ3n) is 7.62. The minimum atomic E-state index is -3.65. The van der Waals surface area contributed by atoms with Gasteiger partial charge in [0.25, 0.3) is 0 Å². The summed E-state index contributed by atoms with van der Waals surface area (Å²) in [5, 5.41) is 0. The average molecular weight is 498 g/mol. The number of nitrogens with zero attached hydrogens (tertiary/aromatic N) is 5. The van der Waals surface area contributed by atoms with Crippen molar-refractivity contribution in [3.63, 3.8) is 0 Å². The summed E-state index contributed by atoms with van der Waals surface area (Å²) in [5.74, 6) is 1.00. The van der Waals surface area contributed by atoms with Crippen LogP contribution in [-0.2, 0) is 14.8 Å². The van der Waals surface area contributed by atoms with Gasteiger partial charge in [-0.05, 0) is 49.6 Å². The Hall–Kier alpha value is -2.49. The monoisotopic (exact) mass is 497 g/mol. The van der Waals surface area contributed by atoms with Crippen LogP contribution in [0.1, 0.15) is 37.7 Å². The van der Waals surface area contributed by atoms with Crippen molar-refractivity contribution in [2.45, 2.75) is 56.0 Å². The van der Waals surface area contributed by atoms with Crippen molar-refractivity contribution in [1.29, 1.82) is 0 Å². The van der Waals surface area contributed by atoms with Gasteiger partial charge in [0.2, 0.25) is 15.9 Å². The number of amides is 1. The number of piperazine rings is 1. The van der Waals surface area contributed by atoms with Crippen molar-refractivity contribution in [1.82, 2.24) is 19.1 Å². The number of benzene rings is 1. The molecule has 1 aliphatic carbocycles. The van der Waals surface area contributed by atoms with Crippen molar-refractivity contribution >= 4 is 21.7 Å². The normalized spacial score (nSPS) is 23.1. The van der Waals surface area contributed by atoms with Gasteiger partial charge in [-0.15, -0.1) is 0 Å². The van der Waals surface area contributed by atoms with E-state index in [0.717, 1.165) is 44.6 Å². The molecule has 5 rings (SSSR count). The molecule has 35 heavy (non-hydrogen) atoms. The van der Waals surface area contributed by atoms with Gasteiger partial charge < -0.3 is 9.80 Å². The Morgan fingerprint density at radius 2 is 1.69 bits per heavy atom. The summed E-state index contributed by atoms with van der Waals surface area (Å²) in [6.07, 6.45) is 7.35. The molecule has 0 N–H and O–H groups in total. The van der Waals surface area contributed by atoms with Crippen molar-refractivity contribution in [2.75, 3.05) is 44.3 Å². The zero-order chi connectivity index (χ0) is 24.4. The Balaban J connectivity index is 1.32. The largest absolute Gasteiger partial charge is 0.353 e. The number of aromatic nitrogens is 1. The highest BCUT2D eigenvalue weighted by molar-refractivity contribution is 7.89. The van der Waals surface area contributed by atoms with Gasteiger partial charge in [0, 0.05) is 45.0 Å². The highest BCUT2D eigenvalue weighted by atomic mass is 32.2. The molecular weight excluding hydrogens is 462 g/mol. The van der Waals surface area contributed by atoms with Crippen molar-refractivity contribution < 1.29 is 13.2 Å². The summed E-state index contributed by atoms with van der Waals surface area (Å²) in [4.78, 5) is 24.9. The summed E-state index contributed by atoms with van der Waals surface area (Å²) in [5.41, 5.74) is 1.17. The highest BCUT2D eigenvalue weighted by Crippen LogP contribution is 2.31. The van der Waals surface area contributed by atoms with E-state index in [9.17, 15) is 13.2 Å². The molecule has 0 spiro atoms. The third-order valence-corrected chi connectivity index (χ3v) is 9.44. The lowest BCUT2D eigenvalue weighted by molar-refractivity contribution is -0.136. The fourth-order valence-electron chi connectivity index (χ4n) is 5.61. The molecule has 0 radical (unpaired) electrons. The SMILES string of the molecule is Cc1ccnc(N2CCN(C(=O)C3CN(S(=O)(=O)c4ccccc4)CN3C3CCCCC3)CC2)c1. The van der Waals surface area contributed by atoms with Crippen LogP contribution in [0.15, 0.2) is 53.6 Å². The first kappa shape index (κ1) is 24.2. The lowest BCUT2D eigenvalue weighted by Crippen LogP contribution is -2.56. The van der Waals surface area contributed by atoms with E-state index in [1.165, 1.54) is 16.3 Å². The molecule has 3 aliphatic rings. The predicted octanol–water partition coefficient (Wildman–Crippen LogP) is 2.70. The lowest BCUT2D eigenvalue weighted by Gasteiger charge is -2.39. The number of sulfonamides is 1. The molecule has 1 unspecified atom stereocenters. The second-order valence-corrected chi connectivity index (χ2v) is 11.9. The van der Waals surface area contributed by atoms with Crippen molar-refractivity contribution in [2.24, 2.45) is 0 Å². The number of aryl methyl sites for hydroxylation is 1. The van der Waals surface area contributed by atoms with Gasteiger partial charge in [-0.3, -0.25) is 9.69 Å². The van der Waals surface area contributed by atoms with E-state index in [2.05, 4.69) is 27.8 Å². The molecule has 3 heterocycles. The van der Waals surface area contributed by atoms with E-state index >= 15 is 0 Å². The Bertz CT molecular complexity index is 1130. The predicted molar refractivity (Wildman–Crippen MR) is 135 cm³/mol. The molecule has 8 nitrogen and oxygen atoms in total. The maximum absolute atomic E-state index is 13.8. The molecule has 1 aromatic carbocycles. The molecular formula is C26H35N5O3S. The van der Waals surface area contributed by atoms with E-state index in [-0.39, 0.29) is 30.1 Å². The smallest absolute Gasteiger partial charge is 0.244 e. The van der Waals surface area contributed by atoms with Crippen LogP contribution in [0.2, 0.25) is 0 Å². The molecule has 1 amide bonds. The Labute approximate surface area is 208 Å². The zero-order valence-electron chi connectivity index (χ0n) is 20.4. The fourth-order valence-corrected chi connectivity index (χ4v) is 7.04. The molecule has 2 aromatic rings. The Morgan fingerprint density at radius 3 is 2.37 bits per heavy atom. The third kappa shape index (κ3) is 5.08. The number of carbonyl (C=O) groups excluding carboxylic acids is 1. The average Bonchev–Trinajstić information content (AvgIpc) is 3.36. The first-order valence-corrected chi connectivity index (χ1v) is 14.1. The summed E-state index contributed by atoms with van der Waals surface area (Å²) in [7, 11) is -3.65. The molecule has 9 heteroatoms. The van der Waals surface area contributed by atoms with Crippen LogP contribution in [0.5, 0.6) is 0 Å². The van der Waals surface area contributed by atoms with Crippen molar-refractivity contribution in [3.8, 4) is 0 Å². The van der Waals surface area contributed by atoms with Gasteiger partial charge in [-0.2, -0.15) is 4.31 Å². The van der Waals surface area contributed by atoms with Gasteiger partial charge in [0.05, 0.1) is 11.6 Å². The van der Waals surface area contributed by atoms with E-state index in [4.69, 9.17) is 0 Å². The first-order chi connectivity index (χ1) is 16.9. The number of carbonyl (C=O) groups is 1. The van der Waals surface area contributed by atoms with Crippen LogP contribution in [0, 0.1) is 6.92 Å². The van der Waals surface area contributed by atoms with Crippen LogP contribution < -0.4 is 4.90 Å². The standard InChI is InChI=1S/C26H35N5O3S/c1-21-12-13-27-25(18-21)28-14-16-29(17-15-28)26(32)24-19-30(20-31(24)22-8-4-2-5-9-22)35(33,34)23-10-6-3-7-11-23/h3,6-7,10-13,18,22,24H,2,4-5,8-9,14-17,19-20H2,1H3. The zero-order valence-corrected chi connectivity index (χ0v) is 21.2. The second kappa shape index (κ2) is 10.2. The van der Waals surface area contributed by atoms with Crippen LogP contribution in [-0.4, -0.2) is 84.9 Å². The number of pyridine rings is 1. The topological polar surface area (TPSA) is 77.1 Å². The Morgan fingerprint density at radius 1 is 0.971 bits per heavy atom. The fraction of sp³-hybridized carbons (Fsp3) is 0.538. The van der Waals surface area contributed by atoms with Gasteiger partial charge in [-0.25, -0.2) is 13.4 Å². The molecule has 1 saturated carbocycles. The lowest BCUT2D eigenvalue weighted by atomic mass is 9.93. The summed E-state index contributed by atoms with van der Waals surface area (Å²) >= 11 is 0. The summed E-state index contributed by atoms with van der Waals surface area (Å²) in [6, 6.07) is 12.5. The van der Waals surface area contributed by atoms with E-state index < -0.39 is 16.1 Å². The van der Waals surface area contributed by atoms with Crippen LogP contribution in [0.3, 0.4) is 0 Å². The van der Waals surface area contributed by atoms with Crippen molar-refractivity contribution in [3.05, 3.63) is 54.2 Å². The number of hydrogen-bond acceptors (Lipinski definition) is 6. The van der Waals surface area contributed by atoms with Crippen LogP contribution in [0.4, 0.5) is 5.82 Å². The van der Waals surface area contributed by atoms with E-state index in [1.54, 1.807) is 24.3 Å². The summed E-state index contributed by atoms with van der Waals surface area (Å²) < 4.78 is 28.3. The minimum Gasteiger partial charge on any atom is -0.353 e. The number of anilines is 1. The van der Waals surface area contributed by atoms with Crippen LogP contribution in [0.25, 0.3) is 0 Å². The number of rotatable bonds is 5. The first-order valence-electron chi connectivity index (χ1n) is 12.7. The summed E-state index contributed by atoms with van der Waals surface area (Å²) in [6.45, 7) is 5.25. The Kier molecular flexibility index (Phi) is 7.09. The maximum atomic E-state index is 13.8. The maximum Gasteiger partial charge on any atom is 0.244 e. The molecule has 1 atom stereocenters. The molecule has 3 fully saturated rings. The van der Waals surface area contributed by atoms with Gasteiger partial charge in [0.1, 0.15) is 11.9 Å². The minimum absolute atomic E-state index is 0.0539. The molecule has 188 valence electrons. The molecule has 2 aliphatic heterocycles.